The van der Waals surface area contributed by atoms with E-state index >= 15 is 0 Å². The smallest absolute Gasteiger partial charge is 0.241 e. The van der Waals surface area contributed by atoms with Crippen LogP contribution in [0.25, 0.3) is 154 Å². The molecule has 0 saturated heterocycles. The standard InChI is InChI=1S/C78H47BN8/c1-2-16-52(17-3-1)79(53-32-36-55(37-33-53)84-65-22-8-4-18-57(65)61-40-42-63-59-20-6-10-24-67(59)86(77(63)75(61)84)69-44-30-50-28-26-48-14-12-46-80-71(48)73(50)82-69)54-34-38-56(39-35-54)85-66-23-9-5-19-58(66)62-41-43-64-60-21-7-11-25-68(60)87(78(64)76(62)85)70-45-31-51-29-27-49-15-13-47-81-72(49)74(51)83-70/h1-47H. The lowest BCUT2D eigenvalue weighted by atomic mass is 9.37. The zero-order valence-electron chi connectivity index (χ0n) is 46.8. The molecule has 0 fully saturated rings. The topological polar surface area (TPSA) is 71.3 Å². The molecule has 0 amide bonds. The number of aromatic nitrogens is 8. The molecule has 19 aromatic rings. The van der Waals surface area contributed by atoms with Crippen LogP contribution in [0.4, 0.5) is 0 Å². The highest BCUT2D eigenvalue weighted by molar-refractivity contribution is 6.95. The minimum absolute atomic E-state index is 0.0526. The minimum Gasteiger partial charge on any atom is -0.307 e. The lowest BCUT2D eigenvalue weighted by Crippen LogP contribution is -2.51. The molecule has 0 radical (unpaired) electrons. The fraction of sp³-hybridized carbons (Fsp3) is 0. The van der Waals surface area contributed by atoms with E-state index in [9.17, 15) is 0 Å². The first-order valence-corrected chi connectivity index (χ1v) is 29.6. The van der Waals surface area contributed by atoms with Crippen LogP contribution in [-0.2, 0) is 0 Å². The zero-order valence-corrected chi connectivity index (χ0v) is 46.8. The lowest BCUT2D eigenvalue weighted by molar-refractivity contribution is 1.10. The van der Waals surface area contributed by atoms with Gasteiger partial charge in [-0.1, -0.05) is 204 Å². The first-order chi connectivity index (χ1) is 43.2. The molecule has 87 heavy (non-hydrogen) atoms. The molecule has 0 bridgehead atoms. The fourth-order valence-corrected chi connectivity index (χ4v) is 14.5. The van der Waals surface area contributed by atoms with Crippen molar-refractivity contribution in [2.45, 2.75) is 0 Å². The van der Waals surface area contributed by atoms with Crippen molar-refractivity contribution in [1.82, 2.24) is 38.2 Å². The molecule has 9 heteroatoms. The van der Waals surface area contributed by atoms with Crippen LogP contribution in [0.5, 0.6) is 0 Å². The van der Waals surface area contributed by atoms with E-state index in [1.165, 1.54) is 59.5 Å². The Labute approximate surface area is 497 Å². The average molecular weight is 1110 g/mol. The van der Waals surface area contributed by atoms with Crippen LogP contribution >= 0.6 is 0 Å². The Balaban J connectivity index is 0.777. The summed E-state index contributed by atoms with van der Waals surface area (Å²) in [4.78, 5) is 20.6. The van der Waals surface area contributed by atoms with Gasteiger partial charge in [-0.25, -0.2) is 9.97 Å². The maximum atomic E-state index is 5.48. The second-order valence-electron chi connectivity index (χ2n) is 22.9. The molecule has 11 aromatic carbocycles. The van der Waals surface area contributed by atoms with Gasteiger partial charge in [0.25, 0.3) is 0 Å². The minimum atomic E-state index is -0.0526. The molecule has 0 unspecified atom stereocenters. The summed E-state index contributed by atoms with van der Waals surface area (Å²) in [5.41, 5.74) is 18.3. The van der Waals surface area contributed by atoms with Gasteiger partial charge in [-0.3, -0.25) is 19.1 Å². The summed E-state index contributed by atoms with van der Waals surface area (Å²) in [6, 6.07) is 99.3. The summed E-state index contributed by atoms with van der Waals surface area (Å²) in [6.45, 7) is -0.0526. The van der Waals surface area contributed by atoms with E-state index in [1.54, 1.807) is 0 Å². The highest BCUT2D eigenvalue weighted by Gasteiger charge is 2.27. The molecule has 8 aromatic heterocycles. The van der Waals surface area contributed by atoms with Crippen LogP contribution in [0.3, 0.4) is 0 Å². The van der Waals surface area contributed by atoms with Crippen molar-refractivity contribution in [3.05, 3.63) is 285 Å². The van der Waals surface area contributed by atoms with Gasteiger partial charge in [-0.2, -0.15) is 0 Å². The van der Waals surface area contributed by atoms with Crippen molar-refractivity contribution in [3.8, 4) is 23.0 Å². The van der Waals surface area contributed by atoms with Crippen molar-refractivity contribution < 1.29 is 0 Å². The summed E-state index contributed by atoms with van der Waals surface area (Å²) in [5, 5.41) is 13.7. The fourth-order valence-electron chi connectivity index (χ4n) is 14.5. The second kappa shape index (κ2) is 18.4. The van der Waals surface area contributed by atoms with E-state index in [-0.39, 0.29) is 6.71 Å². The van der Waals surface area contributed by atoms with Gasteiger partial charge < -0.3 is 9.13 Å². The number of benzene rings is 11. The molecule has 8 nitrogen and oxygen atoms in total. The largest absolute Gasteiger partial charge is 0.307 e. The monoisotopic (exact) mass is 1110 g/mol. The number of hydrogen-bond donors (Lipinski definition) is 0. The summed E-state index contributed by atoms with van der Waals surface area (Å²) < 4.78 is 9.67. The molecular formula is C78H47BN8. The quantitative estimate of drug-likeness (QED) is 0.118. The Hall–Kier alpha value is -11.7. The van der Waals surface area contributed by atoms with Crippen molar-refractivity contribution in [3.63, 3.8) is 0 Å². The highest BCUT2D eigenvalue weighted by Crippen LogP contribution is 2.44. The third-order valence-electron chi connectivity index (χ3n) is 18.3. The first-order valence-electron chi connectivity index (χ1n) is 29.6. The van der Waals surface area contributed by atoms with Gasteiger partial charge in [0.2, 0.25) is 6.71 Å². The van der Waals surface area contributed by atoms with E-state index in [4.69, 9.17) is 19.9 Å². The Morgan fingerprint density at radius 3 is 0.954 bits per heavy atom. The first kappa shape index (κ1) is 47.8. The highest BCUT2D eigenvalue weighted by atomic mass is 15.1. The zero-order chi connectivity index (χ0) is 56.8. The molecular weight excluding hydrogens is 1060 g/mol. The van der Waals surface area contributed by atoms with Crippen molar-refractivity contribution in [2.24, 2.45) is 0 Å². The predicted molar refractivity (Wildman–Crippen MR) is 363 cm³/mol. The van der Waals surface area contributed by atoms with E-state index in [0.717, 1.165) is 111 Å². The third kappa shape index (κ3) is 6.96. The predicted octanol–water partition coefficient (Wildman–Crippen LogP) is 16.8. The van der Waals surface area contributed by atoms with Gasteiger partial charge in [-0.15, -0.1) is 0 Å². The molecule has 402 valence electrons. The van der Waals surface area contributed by atoms with Gasteiger partial charge in [-0.05, 0) is 84.9 Å². The molecule has 8 heterocycles. The average Bonchev–Trinajstić information content (AvgIpc) is 1.93. The summed E-state index contributed by atoms with van der Waals surface area (Å²) >= 11 is 0. The molecule has 0 N–H and O–H groups in total. The number of fused-ring (bicyclic) bond motifs is 20. The summed E-state index contributed by atoms with van der Waals surface area (Å²) in [5.74, 6) is 1.70. The van der Waals surface area contributed by atoms with Gasteiger partial charge in [0.05, 0.1) is 66.2 Å². The van der Waals surface area contributed by atoms with Crippen molar-refractivity contribution in [2.75, 3.05) is 0 Å². The lowest BCUT2D eigenvalue weighted by Gasteiger charge is -2.18. The number of nitrogens with zero attached hydrogens (tertiary/aromatic N) is 8. The molecule has 0 saturated carbocycles. The van der Waals surface area contributed by atoms with Gasteiger partial charge in [0.15, 0.2) is 0 Å². The molecule has 0 aliphatic carbocycles. The Bertz CT molecular complexity index is 5720. The van der Waals surface area contributed by atoms with Gasteiger partial charge in [0.1, 0.15) is 11.6 Å². The van der Waals surface area contributed by atoms with Crippen LogP contribution in [0, 0.1) is 0 Å². The number of rotatable bonds is 7. The van der Waals surface area contributed by atoms with Crippen LogP contribution in [0.2, 0.25) is 0 Å². The summed E-state index contributed by atoms with van der Waals surface area (Å²) in [7, 11) is 0. The maximum absolute atomic E-state index is 5.48. The Morgan fingerprint density at radius 1 is 0.230 bits per heavy atom. The van der Waals surface area contributed by atoms with E-state index in [2.05, 4.69) is 279 Å². The van der Waals surface area contributed by atoms with Crippen LogP contribution in [-0.4, -0.2) is 44.9 Å². The molecule has 0 spiro atoms. The number of hydrogen-bond acceptors (Lipinski definition) is 4. The van der Waals surface area contributed by atoms with E-state index in [0.29, 0.717) is 0 Å². The maximum Gasteiger partial charge on any atom is 0.241 e. The van der Waals surface area contributed by atoms with Crippen LogP contribution < -0.4 is 16.4 Å². The van der Waals surface area contributed by atoms with E-state index < -0.39 is 0 Å². The van der Waals surface area contributed by atoms with Crippen molar-refractivity contribution in [1.29, 1.82) is 0 Å². The van der Waals surface area contributed by atoms with E-state index in [1.807, 2.05) is 24.5 Å². The van der Waals surface area contributed by atoms with Crippen LogP contribution in [0.15, 0.2) is 285 Å². The third-order valence-corrected chi connectivity index (χ3v) is 18.3. The Kier molecular flexibility index (Phi) is 10.1. The Morgan fingerprint density at radius 2 is 0.552 bits per heavy atom. The molecule has 19 rings (SSSR count). The molecule has 0 atom stereocenters. The van der Waals surface area contributed by atoms with Crippen LogP contribution in [0.1, 0.15) is 0 Å². The summed E-state index contributed by atoms with van der Waals surface area (Å²) in [6.07, 6.45) is 3.72. The number of pyridine rings is 4. The van der Waals surface area contributed by atoms with Gasteiger partial charge in [0, 0.05) is 88.4 Å². The van der Waals surface area contributed by atoms with Crippen molar-refractivity contribution >= 4 is 154 Å². The molecule has 0 aliphatic rings. The number of para-hydroxylation sites is 4. The van der Waals surface area contributed by atoms with Gasteiger partial charge >= 0.3 is 0 Å². The second-order valence-corrected chi connectivity index (χ2v) is 22.9. The SMILES string of the molecule is c1ccc(B(c2ccc(-n3c4ccccc4c4ccc5c6ccccc6n(-c6ccc7ccc8cccnc8c7n6)c5c43)cc2)c2ccc(-n3c4ccccc4c4ccc5c6ccccc6n(-c6ccc7ccc8cccnc8c7n6)c5c43)cc2)cc1. The normalized spacial score (nSPS) is 12.1. The molecule has 0 aliphatic heterocycles.